The number of nitrogens with zero attached hydrogens (tertiary/aromatic N) is 10. The Labute approximate surface area is 461 Å². The smallest absolute Gasteiger partial charge is 0.492 e. The molecular weight excluding hydrogens is 1000 g/mol. The first-order chi connectivity index (χ1) is 37.9. The molecule has 0 N–H and O–H groups in total. The zero-order valence-electron chi connectivity index (χ0n) is 44.6. The summed E-state index contributed by atoms with van der Waals surface area (Å²) in [6, 6.07) is 32.8. The van der Waals surface area contributed by atoms with Gasteiger partial charge in [-0.2, -0.15) is 10.5 Å². The van der Waals surface area contributed by atoms with E-state index in [1.165, 1.54) is 43.4 Å². The minimum Gasteiger partial charge on any atom is -0.492 e. The van der Waals surface area contributed by atoms with Crippen molar-refractivity contribution in [2.75, 3.05) is 75.6 Å². The quantitative estimate of drug-likeness (QED) is 0.0833. The largest absolute Gasteiger partial charge is 0.494 e. The van der Waals surface area contributed by atoms with Gasteiger partial charge in [-0.3, -0.25) is 0 Å². The highest BCUT2D eigenvalue weighted by Crippen LogP contribution is 2.40. The number of benzene rings is 4. The maximum absolute atomic E-state index is 9.67. The van der Waals surface area contributed by atoms with Crippen LogP contribution in [-0.4, -0.2) is 116 Å². The molecule has 4 aromatic carbocycles. The SMILES string of the molecule is CC1(C)OB(c2ccc(OCC3CC3)c(C#N)c2)OC1(C)C.Clc1ncnc2c1N=C(c1ccc(N3CCOCC3)cc1)C2.N#Cc1cc(-c2ncnc3c2N=C(c2ccc(N4CCOCC4)cc2)C3)ccc1OCC1CC1. The lowest BCUT2D eigenvalue weighted by Crippen LogP contribution is -2.41. The van der Waals surface area contributed by atoms with E-state index < -0.39 is 7.12 Å². The Morgan fingerprint density at radius 2 is 1.05 bits per heavy atom. The maximum Gasteiger partial charge on any atom is 0.494 e. The van der Waals surface area contributed by atoms with E-state index in [2.05, 4.69) is 95.4 Å². The highest BCUT2D eigenvalue weighted by Gasteiger charge is 2.52. The molecule has 6 aromatic rings. The van der Waals surface area contributed by atoms with E-state index in [0.29, 0.717) is 71.4 Å². The van der Waals surface area contributed by atoms with Gasteiger partial charge in [0, 0.05) is 56.0 Å². The Morgan fingerprint density at radius 1 is 0.590 bits per heavy atom. The molecule has 7 heterocycles. The molecule has 2 aliphatic carbocycles. The first kappa shape index (κ1) is 52.8. The molecule has 5 fully saturated rings. The number of rotatable bonds is 12. The molecule has 78 heavy (non-hydrogen) atoms. The van der Waals surface area contributed by atoms with Gasteiger partial charge in [-0.25, -0.2) is 29.9 Å². The monoisotopic (exact) mass is 1060 g/mol. The van der Waals surface area contributed by atoms with E-state index in [4.69, 9.17) is 44.8 Å². The van der Waals surface area contributed by atoms with Crippen LogP contribution in [0.5, 0.6) is 11.5 Å². The number of ether oxygens (including phenoxy) is 4. The fourth-order valence-corrected chi connectivity index (χ4v) is 9.83. The molecule has 7 aliphatic rings. The molecule has 0 radical (unpaired) electrons. The minimum absolute atomic E-state index is 0.383. The molecule has 0 amide bonds. The number of hydrogen-bond acceptors (Lipinski definition) is 16. The van der Waals surface area contributed by atoms with E-state index in [9.17, 15) is 10.5 Å². The molecule has 3 saturated heterocycles. The lowest BCUT2D eigenvalue weighted by molar-refractivity contribution is 0.00578. The highest BCUT2D eigenvalue weighted by molar-refractivity contribution is 6.62. The van der Waals surface area contributed by atoms with Crippen LogP contribution in [0.1, 0.15) is 87.0 Å². The van der Waals surface area contributed by atoms with Crippen LogP contribution in [0.2, 0.25) is 5.15 Å². The highest BCUT2D eigenvalue weighted by atomic mass is 35.5. The number of nitriles is 2. The van der Waals surface area contributed by atoms with Gasteiger partial charge in [0.25, 0.3) is 0 Å². The van der Waals surface area contributed by atoms with Gasteiger partial charge in [0.2, 0.25) is 0 Å². The molecule has 16 nitrogen and oxygen atoms in total. The van der Waals surface area contributed by atoms with Crippen molar-refractivity contribution in [3.8, 4) is 34.9 Å². The summed E-state index contributed by atoms with van der Waals surface area (Å²) in [5.41, 5.74) is 12.6. The van der Waals surface area contributed by atoms with Crippen molar-refractivity contribution < 1.29 is 28.3 Å². The van der Waals surface area contributed by atoms with Gasteiger partial charge in [0.1, 0.15) is 47.7 Å². The second-order valence-corrected chi connectivity index (χ2v) is 21.9. The molecule has 0 unspecified atom stereocenters. The van der Waals surface area contributed by atoms with E-state index in [-0.39, 0.29) is 11.2 Å². The molecular formula is C60H62BClN10O6. The van der Waals surface area contributed by atoms with E-state index >= 15 is 0 Å². The van der Waals surface area contributed by atoms with Gasteiger partial charge in [-0.1, -0.05) is 41.9 Å². The summed E-state index contributed by atoms with van der Waals surface area (Å²) in [7, 11) is -0.449. The van der Waals surface area contributed by atoms with Crippen molar-refractivity contribution >= 4 is 58.4 Å². The number of anilines is 2. The lowest BCUT2D eigenvalue weighted by atomic mass is 9.78. The fourth-order valence-electron chi connectivity index (χ4n) is 9.64. The first-order valence-corrected chi connectivity index (χ1v) is 27.3. The van der Waals surface area contributed by atoms with Crippen LogP contribution in [0.25, 0.3) is 11.3 Å². The standard InChI is InChI=1S/C27H25N5O2.C17H22BNO3.C16H15ClN4O/c28-15-21-13-20(5-8-25(21)34-16-18-1-2-18)26-27-24(29-17-30-26)14-23(31-27)19-3-6-22(7-4-19)32-9-11-33-12-10-32;1-16(2)17(3,4)22-18(21-16)14-7-8-15(13(9-14)10-19)20-11-12-5-6-12;17-16-15-14(18-10-19-16)9-13(20-15)11-1-3-12(4-2-11)21-5-7-22-8-6-21/h3-8,13,17-18H,1-2,9-12,14,16H2;7-9,12H,5-6,11H2,1-4H3;1-4,10H,5-9H2. The third-order valence-electron chi connectivity index (χ3n) is 15.4. The third kappa shape index (κ3) is 12.1. The number of aromatic nitrogens is 4. The second kappa shape index (κ2) is 23.0. The van der Waals surface area contributed by atoms with Crippen LogP contribution in [-0.2, 0) is 31.6 Å². The zero-order chi connectivity index (χ0) is 53.8. The zero-order valence-corrected chi connectivity index (χ0v) is 45.3. The normalized spacial score (nSPS) is 18.7. The summed E-state index contributed by atoms with van der Waals surface area (Å²) in [4.78, 5) is 31.4. The molecule has 18 heteroatoms. The summed E-state index contributed by atoms with van der Waals surface area (Å²) < 4.78 is 34.5. The average Bonchev–Trinajstić information content (AvgIpc) is 4.49. The molecule has 0 atom stereocenters. The summed E-state index contributed by atoms with van der Waals surface area (Å²) in [5, 5.41) is 19.5. The van der Waals surface area contributed by atoms with Crippen molar-refractivity contribution in [3.63, 3.8) is 0 Å². The average molecular weight is 1070 g/mol. The molecule has 5 aliphatic heterocycles. The number of fused-ring (bicyclic) bond motifs is 2. The van der Waals surface area contributed by atoms with Crippen LogP contribution in [0, 0.1) is 34.5 Å². The molecule has 13 rings (SSSR count). The fraction of sp³-hybridized carbons (Fsp3) is 0.400. The lowest BCUT2D eigenvalue weighted by Gasteiger charge is -2.32. The Bertz CT molecular complexity index is 3290. The van der Waals surface area contributed by atoms with Crippen molar-refractivity contribution in [3.05, 3.63) is 136 Å². The van der Waals surface area contributed by atoms with E-state index in [1.807, 2.05) is 64.1 Å². The number of morpholine rings is 2. The van der Waals surface area contributed by atoms with Crippen molar-refractivity contribution in [1.29, 1.82) is 10.5 Å². The third-order valence-corrected chi connectivity index (χ3v) is 15.7. The predicted octanol–water partition coefficient (Wildman–Crippen LogP) is 9.61. The van der Waals surface area contributed by atoms with Crippen LogP contribution in [0.4, 0.5) is 22.7 Å². The topological polar surface area (TPSA) is 186 Å². The van der Waals surface area contributed by atoms with E-state index in [1.54, 1.807) is 6.33 Å². The van der Waals surface area contributed by atoms with Crippen LogP contribution >= 0.6 is 11.6 Å². The van der Waals surface area contributed by atoms with Crippen LogP contribution in [0.15, 0.2) is 108 Å². The van der Waals surface area contributed by atoms with Crippen molar-refractivity contribution in [1.82, 2.24) is 19.9 Å². The van der Waals surface area contributed by atoms with Gasteiger partial charge < -0.3 is 38.1 Å². The van der Waals surface area contributed by atoms with Crippen LogP contribution in [0.3, 0.4) is 0 Å². The molecule has 2 saturated carbocycles. The van der Waals surface area contributed by atoms with Crippen LogP contribution < -0.4 is 24.7 Å². The summed E-state index contributed by atoms with van der Waals surface area (Å²) >= 11 is 6.07. The maximum atomic E-state index is 9.67. The van der Waals surface area contributed by atoms with E-state index in [0.717, 1.165) is 109 Å². The molecule has 0 spiro atoms. The van der Waals surface area contributed by atoms with Crippen molar-refractivity contribution in [2.24, 2.45) is 21.8 Å². The molecule has 0 bridgehead atoms. The Balaban J connectivity index is 0.000000129. The van der Waals surface area contributed by atoms with Crippen molar-refractivity contribution in [2.45, 2.75) is 77.4 Å². The van der Waals surface area contributed by atoms with Gasteiger partial charge >= 0.3 is 7.12 Å². The summed E-state index contributed by atoms with van der Waals surface area (Å²) in [6.45, 7) is 16.3. The number of hydrogen-bond donors (Lipinski definition) is 0. The number of halogens is 1. The Kier molecular flexibility index (Phi) is 15.6. The number of aliphatic imine (C=N–C) groups is 2. The Morgan fingerprint density at radius 3 is 1.55 bits per heavy atom. The Hall–Kier alpha value is -7.25. The van der Waals surface area contributed by atoms with Gasteiger partial charge in [0.15, 0.2) is 5.15 Å². The first-order valence-electron chi connectivity index (χ1n) is 27.0. The second-order valence-electron chi connectivity index (χ2n) is 21.5. The molecule has 398 valence electrons. The van der Waals surface area contributed by atoms with Gasteiger partial charge in [-0.05, 0) is 136 Å². The van der Waals surface area contributed by atoms with Gasteiger partial charge in [-0.15, -0.1) is 0 Å². The minimum atomic E-state index is -0.449. The summed E-state index contributed by atoms with van der Waals surface area (Å²) in [5.74, 6) is 2.57. The van der Waals surface area contributed by atoms with Gasteiger partial charge in [0.05, 0.1) is 90.5 Å². The summed E-state index contributed by atoms with van der Waals surface area (Å²) in [6.07, 6.45) is 9.32. The predicted molar refractivity (Wildman–Crippen MR) is 301 cm³/mol. The molecule has 2 aromatic heterocycles.